The van der Waals surface area contributed by atoms with E-state index in [1.54, 1.807) is 11.3 Å². The number of aromatic nitrogens is 1. The number of thiazole rings is 1. The lowest BCUT2D eigenvalue weighted by Gasteiger charge is -2.30. The molecule has 0 spiro atoms. The summed E-state index contributed by atoms with van der Waals surface area (Å²) in [6.45, 7) is 6.55. The molecule has 1 saturated carbocycles. The monoisotopic (exact) mass is 294 g/mol. The zero-order valence-corrected chi connectivity index (χ0v) is 13.4. The lowest BCUT2D eigenvalue weighted by Crippen LogP contribution is -2.38. The van der Waals surface area contributed by atoms with Crippen LogP contribution in [0.1, 0.15) is 62.6 Å². The molecule has 3 rings (SSSR count). The van der Waals surface area contributed by atoms with E-state index in [4.69, 9.17) is 4.98 Å². The molecule has 3 nitrogen and oxygen atoms in total. The molecule has 0 bridgehead atoms. The van der Waals surface area contributed by atoms with Crippen molar-refractivity contribution >= 4 is 11.3 Å². The van der Waals surface area contributed by atoms with Gasteiger partial charge < -0.3 is 5.11 Å². The second-order valence-corrected chi connectivity index (χ2v) is 7.56. The van der Waals surface area contributed by atoms with Crippen LogP contribution in [0.3, 0.4) is 0 Å². The van der Waals surface area contributed by atoms with Gasteiger partial charge in [0, 0.05) is 29.8 Å². The van der Waals surface area contributed by atoms with Crippen molar-refractivity contribution in [3.8, 4) is 0 Å². The molecule has 0 amide bonds. The molecular formula is C16H26N2OS. The standard InChI is InChI=1S/C16H26N2OS/c1-11(2)16-17-12(10-20-16)9-18-8-4-6-14(18)13-5-3-7-15(13)19/h10-11,13-15,19H,3-9H2,1-2H3. The van der Waals surface area contributed by atoms with Gasteiger partial charge in [0.2, 0.25) is 0 Å². The van der Waals surface area contributed by atoms with Gasteiger partial charge in [-0.15, -0.1) is 11.3 Å². The van der Waals surface area contributed by atoms with E-state index in [0.717, 1.165) is 13.0 Å². The molecule has 0 radical (unpaired) electrons. The molecule has 1 aromatic heterocycles. The molecule has 20 heavy (non-hydrogen) atoms. The van der Waals surface area contributed by atoms with Crippen molar-refractivity contribution in [2.45, 2.75) is 70.6 Å². The van der Waals surface area contributed by atoms with Gasteiger partial charge in [0.05, 0.1) is 16.8 Å². The molecule has 0 aromatic carbocycles. The smallest absolute Gasteiger partial charge is 0.0954 e. The highest BCUT2D eigenvalue weighted by molar-refractivity contribution is 7.09. The normalized spacial score (nSPS) is 31.5. The Bertz CT molecular complexity index is 445. The van der Waals surface area contributed by atoms with Crippen LogP contribution in [0.2, 0.25) is 0 Å². The number of hydrogen-bond donors (Lipinski definition) is 1. The Labute approximate surface area is 126 Å². The van der Waals surface area contributed by atoms with Crippen LogP contribution in [0.5, 0.6) is 0 Å². The van der Waals surface area contributed by atoms with Crippen LogP contribution in [-0.4, -0.2) is 33.7 Å². The average Bonchev–Trinajstić information content (AvgIpc) is 3.10. The SMILES string of the molecule is CC(C)c1nc(CN2CCCC2C2CCCC2O)cs1. The van der Waals surface area contributed by atoms with Gasteiger partial charge in [0.15, 0.2) is 0 Å². The van der Waals surface area contributed by atoms with Crippen LogP contribution < -0.4 is 0 Å². The van der Waals surface area contributed by atoms with E-state index in [9.17, 15) is 5.11 Å². The van der Waals surface area contributed by atoms with Crippen LogP contribution in [0, 0.1) is 5.92 Å². The van der Waals surface area contributed by atoms with E-state index < -0.39 is 0 Å². The summed E-state index contributed by atoms with van der Waals surface area (Å²) < 4.78 is 0. The van der Waals surface area contributed by atoms with E-state index >= 15 is 0 Å². The third kappa shape index (κ3) is 2.92. The summed E-state index contributed by atoms with van der Waals surface area (Å²) in [6, 6.07) is 0.580. The Morgan fingerprint density at radius 2 is 2.20 bits per heavy atom. The summed E-state index contributed by atoms with van der Waals surface area (Å²) in [5.41, 5.74) is 1.22. The maximum absolute atomic E-state index is 10.2. The average molecular weight is 294 g/mol. The van der Waals surface area contributed by atoms with Gasteiger partial charge in [-0.3, -0.25) is 4.90 Å². The lowest BCUT2D eigenvalue weighted by atomic mass is 9.94. The predicted octanol–water partition coefficient (Wildman–Crippen LogP) is 3.39. The second-order valence-electron chi connectivity index (χ2n) is 6.67. The fourth-order valence-electron chi connectivity index (χ4n) is 3.82. The van der Waals surface area contributed by atoms with E-state index in [1.165, 1.54) is 42.9 Å². The molecule has 2 aliphatic rings. The largest absolute Gasteiger partial charge is 0.393 e. The molecule has 4 heteroatoms. The molecule has 1 aromatic rings. The van der Waals surface area contributed by atoms with Crippen molar-refractivity contribution < 1.29 is 5.11 Å². The summed E-state index contributed by atoms with van der Waals surface area (Å²) in [5.74, 6) is 1.03. The minimum Gasteiger partial charge on any atom is -0.393 e. The molecule has 1 N–H and O–H groups in total. The maximum atomic E-state index is 10.2. The summed E-state index contributed by atoms with van der Waals surface area (Å²) in [7, 11) is 0. The zero-order valence-electron chi connectivity index (χ0n) is 12.6. The molecular weight excluding hydrogens is 268 g/mol. The molecule has 112 valence electrons. The maximum Gasteiger partial charge on any atom is 0.0954 e. The number of nitrogens with zero attached hydrogens (tertiary/aromatic N) is 2. The molecule has 1 aliphatic carbocycles. The van der Waals surface area contributed by atoms with Crippen LogP contribution >= 0.6 is 11.3 Å². The number of aliphatic hydroxyl groups is 1. The Balaban J connectivity index is 1.66. The predicted molar refractivity (Wildman–Crippen MR) is 83.0 cm³/mol. The Hall–Kier alpha value is -0.450. The Morgan fingerprint density at radius 1 is 1.35 bits per heavy atom. The molecule has 2 fully saturated rings. The summed E-state index contributed by atoms with van der Waals surface area (Å²) >= 11 is 1.79. The van der Waals surface area contributed by atoms with Crippen LogP contribution in [0.4, 0.5) is 0 Å². The first-order chi connectivity index (χ1) is 9.65. The Morgan fingerprint density at radius 3 is 2.85 bits per heavy atom. The quantitative estimate of drug-likeness (QED) is 0.924. The lowest BCUT2D eigenvalue weighted by molar-refractivity contribution is 0.0714. The first-order valence-corrected chi connectivity index (χ1v) is 8.89. The van der Waals surface area contributed by atoms with Crippen LogP contribution in [-0.2, 0) is 6.54 Å². The van der Waals surface area contributed by atoms with Gasteiger partial charge in [0.25, 0.3) is 0 Å². The highest BCUT2D eigenvalue weighted by Gasteiger charge is 2.38. The molecule has 1 saturated heterocycles. The van der Waals surface area contributed by atoms with Crippen molar-refractivity contribution in [3.63, 3.8) is 0 Å². The third-order valence-electron chi connectivity index (χ3n) is 4.87. The highest BCUT2D eigenvalue weighted by atomic mass is 32.1. The van der Waals surface area contributed by atoms with Gasteiger partial charge in [-0.05, 0) is 32.2 Å². The number of aliphatic hydroxyl groups excluding tert-OH is 1. The van der Waals surface area contributed by atoms with Crippen molar-refractivity contribution in [1.29, 1.82) is 0 Å². The number of likely N-dealkylation sites (tertiary alicyclic amines) is 1. The van der Waals surface area contributed by atoms with E-state index in [1.807, 2.05) is 0 Å². The topological polar surface area (TPSA) is 36.4 Å². The third-order valence-corrected chi connectivity index (χ3v) is 6.06. The summed E-state index contributed by atoms with van der Waals surface area (Å²) in [4.78, 5) is 7.34. The van der Waals surface area contributed by atoms with Gasteiger partial charge >= 0.3 is 0 Å². The van der Waals surface area contributed by atoms with E-state index in [0.29, 0.717) is 17.9 Å². The van der Waals surface area contributed by atoms with E-state index in [-0.39, 0.29) is 6.10 Å². The summed E-state index contributed by atoms with van der Waals surface area (Å²) in [6.07, 6.45) is 5.87. The van der Waals surface area contributed by atoms with Gasteiger partial charge in [0.1, 0.15) is 0 Å². The van der Waals surface area contributed by atoms with Crippen molar-refractivity contribution in [2.75, 3.05) is 6.54 Å². The fraction of sp³-hybridized carbons (Fsp3) is 0.812. The fourth-order valence-corrected chi connectivity index (χ4v) is 4.65. The zero-order chi connectivity index (χ0) is 14.1. The van der Waals surface area contributed by atoms with Crippen LogP contribution in [0.25, 0.3) is 0 Å². The molecule has 1 aliphatic heterocycles. The molecule has 2 heterocycles. The second kappa shape index (κ2) is 6.12. The van der Waals surface area contributed by atoms with Gasteiger partial charge in [-0.25, -0.2) is 4.98 Å². The van der Waals surface area contributed by atoms with Crippen molar-refractivity contribution in [1.82, 2.24) is 9.88 Å². The van der Waals surface area contributed by atoms with Crippen molar-refractivity contribution in [2.24, 2.45) is 5.92 Å². The minimum atomic E-state index is -0.0674. The molecule has 3 unspecified atom stereocenters. The van der Waals surface area contributed by atoms with Gasteiger partial charge in [-0.2, -0.15) is 0 Å². The van der Waals surface area contributed by atoms with E-state index in [2.05, 4.69) is 24.1 Å². The number of hydrogen-bond acceptors (Lipinski definition) is 4. The summed E-state index contributed by atoms with van der Waals surface area (Å²) in [5, 5.41) is 13.6. The molecule has 3 atom stereocenters. The van der Waals surface area contributed by atoms with Crippen molar-refractivity contribution in [3.05, 3.63) is 16.1 Å². The Kier molecular flexibility index (Phi) is 4.43. The van der Waals surface area contributed by atoms with Crippen LogP contribution in [0.15, 0.2) is 5.38 Å². The van der Waals surface area contributed by atoms with Gasteiger partial charge in [-0.1, -0.05) is 20.3 Å². The minimum absolute atomic E-state index is 0.0674. The first kappa shape index (κ1) is 14.5. The highest BCUT2D eigenvalue weighted by Crippen LogP contribution is 2.36. The first-order valence-electron chi connectivity index (χ1n) is 8.01. The number of rotatable bonds is 4.